The molecule has 0 aliphatic carbocycles. The summed E-state index contributed by atoms with van der Waals surface area (Å²) in [5.41, 5.74) is 10.4. The minimum atomic E-state index is 0.275. The quantitative estimate of drug-likeness (QED) is 0.617. The molecule has 0 amide bonds. The van der Waals surface area contributed by atoms with E-state index in [9.17, 15) is 0 Å². The van der Waals surface area contributed by atoms with E-state index in [0.29, 0.717) is 13.2 Å². The molecule has 0 radical (unpaired) electrons. The smallest absolute Gasteiger partial charge is 0.222 e. The minimum Gasteiger partial charge on any atom is -0.383 e. The first-order valence-electron chi connectivity index (χ1n) is 8.65. The van der Waals surface area contributed by atoms with Gasteiger partial charge in [0.25, 0.3) is 0 Å². The van der Waals surface area contributed by atoms with Gasteiger partial charge in [0.05, 0.1) is 12.1 Å². The van der Waals surface area contributed by atoms with Crippen LogP contribution in [0, 0.1) is 0 Å². The summed E-state index contributed by atoms with van der Waals surface area (Å²) in [6.07, 6.45) is 4.26. The summed E-state index contributed by atoms with van der Waals surface area (Å²) in [7, 11) is 1.68. The number of nitrogens with one attached hydrogen (secondary N) is 1. The van der Waals surface area contributed by atoms with Crippen molar-refractivity contribution in [2.75, 3.05) is 31.3 Å². The first kappa shape index (κ1) is 17.2. The van der Waals surface area contributed by atoms with E-state index < -0.39 is 0 Å². The maximum Gasteiger partial charge on any atom is 0.222 e. The fourth-order valence-corrected chi connectivity index (χ4v) is 3.06. The molecule has 6 heteroatoms. The second kappa shape index (κ2) is 7.98. The van der Waals surface area contributed by atoms with Crippen molar-refractivity contribution in [1.29, 1.82) is 0 Å². The number of anilines is 2. The highest BCUT2D eigenvalue weighted by molar-refractivity contribution is 5.87. The van der Waals surface area contributed by atoms with Gasteiger partial charge in [-0.1, -0.05) is 37.6 Å². The van der Waals surface area contributed by atoms with Gasteiger partial charge in [0.1, 0.15) is 5.52 Å². The van der Waals surface area contributed by atoms with Gasteiger partial charge in [-0.05, 0) is 23.6 Å². The predicted octanol–water partition coefficient (Wildman–Crippen LogP) is 3.07. The number of hydrogen-bond donors (Lipinski definition) is 2. The lowest BCUT2D eigenvalue weighted by Crippen LogP contribution is -2.12. The van der Waals surface area contributed by atoms with Crippen molar-refractivity contribution in [3.63, 3.8) is 0 Å². The van der Waals surface area contributed by atoms with Crippen LogP contribution in [-0.4, -0.2) is 34.8 Å². The predicted molar refractivity (Wildman–Crippen MR) is 102 cm³/mol. The molecule has 25 heavy (non-hydrogen) atoms. The molecule has 0 spiro atoms. The van der Waals surface area contributed by atoms with Crippen LogP contribution in [0.5, 0.6) is 0 Å². The molecule has 0 unspecified atom stereocenters. The van der Waals surface area contributed by atoms with E-state index in [0.717, 1.165) is 36.2 Å². The van der Waals surface area contributed by atoms with E-state index in [2.05, 4.69) is 51.0 Å². The molecule has 2 aromatic heterocycles. The molecule has 0 atom stereocenters. The van der Waals surface area contributed by atoms with Crippen molar-refractivity contribution < 1.29 is 4.74 Å². The lowest BCUT2D eigenvalue weighted by atomic mass is 10.0. The molecule has 0 aliphatic rings. The Balaban J connectivity index is 1.97. The van der Waals surface area contributed by atoms with Gasteiger partial charge in [-0.3, -0.25) is 0 Å². The SMILES string of the molecule is CCCc1ccccc1Cn1ccc2nc(N)nc(NCCOC)c21. The molecule has 0 bridgehead atoms. The Labute approximate surface area is 148 Å². The van der Waals surface area contributed by atoms with Gasteiger partial charge in [-0.15, -0.1) is 0 Å². The van der Waals surface area contributed by atoms with E-state index in [4.69, 9.17) is 10.5 Å². The van der Waals surface area contributed by atoms with Gasteiger partial charge in [0, 0.05) is 26.4 Å². The number of nitrogens with two attached hydrogens (primary N) is 1. The second-order valence-electron chi connectivity index (χ2n) is 6.05. The number of aryl methyl sites for hydroxylation is 1. The standard InChI is InChI=1S/C19H25N5O/c1-3-6-14-7-4-5-8-15(14)13-24-11-9-16-17(24)18(21-10-12-25-2)23-19(20)22-16/h4-5,7-9,11H,3,6,10,12-13H2,1-2H3,(H3,20,21,22,23). The van der Waals surface area contributed by atoms with Crippen molar-refractivity contribution >= 4 is 22.8 Å². The average molecular weight is 339 g/mol. The van der Waals surface area contributed by atoms with Crippen LogP contribution >= 0.6 is 0 Å². The fourth-order valence-electron chi connectivity index (χ4n) is 3.06. The molecular formula is C19H25N5O. The van der Waals surface area contributed by atoms with Crippen molar-refractivity contribution in [3.8, 4) is 0 Å². The lowest BCUT2D eigenvalue weighted by Gasteiger charge is -2.13. The number of nitrogen functional groups attached to an aromatic ring is 1. The van der Waals surface area contributed by atoms with Gasteiger partial charge < -0.3 is 20.4 Å². The summed E-state index contributed by atoms with van der Waals surface area (Å²) in [5, 5.41) is 3.30. The van der Waals surface area contributed by atoms with Crippen molar-refractivity contribution in [2.45, 2.75) is 26.3 Å². The molecule has 2 heterocycles. The highest BCUT2D eigenvalue weighted by Crippen LogP contribution is 2.24. The Morgan fingerprint density at radius 3 is 2.72 bits per heavy atom. The number of aromatic nitrogens is 3. The molecule has 0 saturated carbocycles. The summed E-state index contributed by atoms with van der Waals surface area (Å²) in [6, 6.07) is 10.6. The van der Waals surface area contributed by atoms with Gasteiger partial charge in [-0.2, -0.15) is 4.98 Å². The second-order valence-corrected chi connectivity index (χ2v) is 6.05. The Kier molecular flexibility index (Phi) is 5.50. The van der Waals surface area contributed by atoms with E-state index in [-0.39, 0.29) is 5.95 Å². The number of benzene rings is 1. The molecule has 0 aliphatic heterocycles. The summed E-state index contributed by atoms with van der Waals surface area (Å²) >= 11 is 0. The molecule has 3 aromatic rings. The number of methoxy groups -OCH3 is 1. The van der Waals surface area contributed by atoms with Crippen LogP contribution in [0.4, 0.5) is 11.8 Å². The Morgan fingerprint density at radius 2 is 1.96 bits per heavy atom. The van der Waals surface area contributed by atoms with E-state index in [1.165, 1.54) is 11.1 Å². The van der Waals surface area contributed by atoms with Crippen LogP contribution < -0.4 is 11.1 Å². The van der Waals surface area contributed by atoms with Gasteiger partial charge >= 0.3 is 0 Å². The van der Waals surface area contributed by atoms with Gasteiger partial charge in [0.15, 0.2) is 5.82 Å². The first-order valence-corrected chi connectivity index (χ1v) is 8.65. The average Bonchev–Trinajstić information content (AvgIpc) is 3.00. The molecule has 3 rings (SSSR count). The number of rotatable bonds is 8. The molecule has 1 aromatic carbocycles. The van der Waals surface area contributed by atoms with E-state index in [1.54, 1.807) is 7.11 Å². The number of ether oxygens (including phenoxy) is 1. The number of hydrogen-bond acceptors (Lipinski definition) is 5. The highest BCUT2D eigenvalue weighted by Gasteiger charge is 2.12. The Bertz CT molecular complexity index is 843. The van der Waals surface area contributed by atoms with Gasteiger partial charge in [-0.25, -0.2) is 4.98 Å². The zero-order valence-electron chi connectivity index (χ0n) is 14.8. The lowest BCUT2D eigenvalue weighted by molar-refractivity contribution is 0.210. The Morgan fingerprint density at radius 1 is 1.16 bits per heavy atom. The Hall–Kier alpha value is -2.60. The maximum atomic E-state index is 5.85. The summed E-state index contributed by atoms with van der Waals surface area (Å²) in [5.74, 6) is 1.02. The maximum absolute atomic E-state index is 5.85. The zero-order valence-corrected chi connectivity index (χ0v) is 14.8. The van der Waals surface area contributed by atoms with Gasteiger partial charge in [0.2, 0.25) is 5.95 Å². The minimum absolute atomic E-state index is 0.275. The van der Waals surface area contributed by atoms with Crippen molar-refractivity contribution in [1.82, 2.24) is 14.5 Å². The third-order valence-corrected chi connectivity index (χ3v) is 4.20. The van der Waals surface area contributed by atoms with Crippen LogP contribution in [0.25, 0.3) is 11.0 Å². The molecule has 132 valence electrons. The first-order chi connectivity index (χ1) is 12.2. The van der Waals surface area contributed by atoms with Crippen LogP contribution in [0.2, 0.25) is 0 Å². The topological polar surface area (TPSA) is 78.0 Å². The van der Waals surface area contributed by atoms with E-state index in [1.807, 2.05) is 12.3 Å². The normalized spacial score (nSPS) is 11.1. The molecule has 0 fully saturated rings. The number of nitrogens with zero attached hydrogens (tertiary/aromatic N) is 3. The molecule has 6 nitrogen and oxygen atoms in total. The molecular weight excluding hydrogens is 314 g/mol. The highest BCUT2D eigenvalue weighted by atomic mass is 16.5. The van der Waals surface area contributed by atoms with Crippen LogP contribution in [0.1, 0.15) is 24.5 Å². The van der Waals surface area contributed by atoms with Crippen LogP contribution in [0.3, 0.4) is 0 Å². The van der Waals surface area contributed by atoms with Crippen LogP contribution in [0.15, 0.2) is 36.5 Å². The van der Waals surface area contributed by atoms with Crippen molar-refractivity contribution in [2.24, 2.45) is 0 Å². The monoisotopic (exact) mass is 339 g/mol. The summed E-state index contributed by atoms with van der Waals surface area (Å²) in [6.45, 7) is 4.26. The third-order valence-electron chi connectivity index (χ3n) is 4.20. The third kappa shape index (κ3) is 3.91. The van der Waals surface area contributed by atoms with E-state index >= 15 is 0 Å². The zero-order chi connectivity index (χ0) is 17.6. The summed E-state index contributed by atoms with van der Waals surface area (Å²) in [4.78, 5) is 8.75. The van der Waals surface area contributed by atoms with Crippen LogP contribution in [-0.2, 0) is 17.7 Å². The summed E-state index contributed by atoms with van der Waals surface area (Å²) < 4.78 is 7.29. The fraction of sp³-hybridized carbons (Fsp3) is 0.368. The van der Waals surface area contributed by atoms with Crippen molar-refractivity contribution in [3.05, 3.63) is 47.7 Å². The largest absolute Gasteiger partial charge is 0.383 e. The number of fused-ring (bicyclic) bond motifs is 1. The molecule has 3 N–H and O–H groups in total. The molecule has 0 saturated heterocycles.